The first-order valence-corrected chi connectivity index (χ1v) is 9.50. The topological polar surface area (TPSA) is 40.6 Å². The summed E-state index contributed by atoms with van der Waals surface area (Å²) in [5.74, 6) is -0.165. The minimum Gasteiger partial charge on any atom is -0.340 e. The fourth-order valence-electron chi connectivity index (χ4n) is 3.02. The van der Waals surface area contributed by atoms with Crippen LogP contribution in [0.5, 0.6) is 0 Å². The van der Waals surface area contributed by atoms with Crippen molar-refractivity contribution >= 4 is 23.6 Å². The predicted molar refractivity (Wildman–Crippen MR) is 101 cm³/mol. The van der Waals surface area contributed by atoms with E-state index in [0.717, 1.165) is 11.1 Å². The zero-order valence-electron chi connectivity index (χ0n) is 14.8. The lowest BCUT2D eigenvalue weighted by atomic mass is 10.1. The van der Waals surface area contributed by atoms with Crippen molar-refractivity contribution in [1.82, 2.24) is 9.80 Å². The highest BCUT2D eigenvalue weighted by atomic mass is 32.2. The maximum Gasteiger partial charge on any atom is 0.253 e. The van der Waals surface area contributed by atoms with Crippen molar-refractivity contribution in [2.45, 2.75) is 12.3 Å². The standard InChI is InChI=1S/C20H21FN2O2S/c1-14-6-3-4-9-17(14)20-23(18(24)13-26-20)11-10-22(2)19(25)15-7-5-8-16(21)12-15/h3-9,12,20H,10-11,13H2,1-2H3. The van der Waals surface area contributed by atoms with E-state index in [9.17, 15) is 14.0 Å². The molecule has 6 heteroatoms. The largest absolute Gasteiger partial charge is 0.340 e. The van der Waals surface area contributed by atoms with Crippen LogP contribution < -0.4 is 0 Å². The number of likely N-dealkylation sites (N-methyl/N-ethyl adjacent to an activating group) is 1. The maximum absolute atomic E-state index is 13.3. The molecule has 0 spiro atoms. The van der Waals surface area contributed by atoms with Gasteiger partial charge in [-0.2, -0.15) is 0 Å². The Morgan fingerprint density at radius 1 is 1.27 bits per heavy atom. The summed E-state index contributed by atoms with van der Waals surface area (Å²) >= 11 is 1.61. The van der Waals surface area contributed by atoms with E-state index >= 15 is 0 Å². The Bertz CT molecular complexity index is 827. The molecule has 0 aromatic heterocycles. The van der Waals surface area contributed by atoms with Gasteiger partial charge in [-0.05, 0) is 36.2 Å². The van der Waals surface area contributed by atoms with Crippen LogP contribution in [0.15, 0.2) is 48.5 Å². The lowest BCUT2D eigenvalue weighted by Crippen LogP contribution is -2.38. The van der Waals surface area contributed by atoms with Gasteiger partial charge in [0, 0.05) is 25.7 Å². The second-order valence-corrected chi connectivity index (χ2v) is 7.41. The molecule has 3 rings (SSSR count). The number of benzene rings is 2. The molecule has 2 amide bonds. The molecule has 0 saturated carbocycles. The molecule has 1 heterocycles. The van der Waals surface area contributed by atoms with Crippen LogP contribution in [0.4, 0.5) is 4.39 Å². The lowest BCUT2D eigenvalue weighted by molar-refractivity contribution is -0.128. The maximum atomic E-state index is 13.3. The molecule has 4 nitrogen and oxygen atoms in total. The Morgan fingerprint density at radius 2 is 2.04 bits per heavy atom. The monoisotopic (exact) mass is 372 g/mol. The first-order chi connectivity index (χ1) is 12.5. The quantitative estimate of drug-likeness (QED) is 0.807. The number of hydrogen-bond acceptors (Lipinski definition) is 3. The van der Waals surface area contributed by atoms with Gasteiger partial charge in [0.15, 0.2) is 0 Å². The third-order valence-corrected chi connectivity index (χ3v) is 5.75. The molecule has 2 aromatic carbocycles. The molecule has 1 unspecified atom stereocenters. The van der Waals surface area contributed by atoms with E-state index in [1.54, 1.807) is 24.9 Å². The first kappa shape index (κ1) is 18.5. The summed E-state index contributed by atoms with van der Waals surface area (Å²) in [4.78, 5) is 28.1. The third-order valence-electron chi connectivity index (χ3n) is 4.52. The Kier molecular flexibility index (Phi) is 5.61. The molecular formula is C20H21FN2O2S. The van der Waals surface area contributed by atoms with Gasteiger partial charge in [-0.15, -0.1) is 11.8 Å². The van der Waals surface area contributed by atoms with Crippen LogP contribution in [0.2, 0.25) is 0 Å². The van der Waals surface area contributed by atoms with E-state index in [1.807, 2.05) is 36.1 Å². The van der Waals surface area contributed by atoms with E-state index in [2.05, 4.69) is 0 Å². The van der Waals surface area contributed by atoms with Crippen LogP contribution in [0, 0.1) is 12.7 Å². The summed E-state index contributed by atoms with van der Waals surface area (Å²) in [5.41, 5.74) is 2.58. The number of nitrogens with zero attached hydrogens (tertiary/aromatic N) is 2. The zero-order chi connectivity index (χ0) is 18.7. The predicted octanol–water partition coefficient (Wildman–Crippen LogP) is 3.48. The van der Waals surface area contributed by atoms with Crippen molar-refractivity contribution in [1.29, 1.82) is 0 Å². The van der Waals surface area contributed by atoms with Gasteiger partial charge in [0.2, 0.25) is 5.91 Å². The van der Waals surface area contributed by atoms with Crippen LogP contribution >= 0.6 is 11.8 Å². The SMILES string of the molecule is Cc1ccccc1C1SCC(=O)N1CCN(C)C(=O)c1cccc(F)c1. The van der Waals surface area contributed by atoms with E-state index < -0.39 is 5.82 Å². The number of thioether (sulfide) groups is 1. The fourth-order valence-corrected chi connectivity index (χ4v) is 4.33. The number of aryl methyl sites for hydroxylation is 1. The molecule has 0 bridgehead atoms. The molecule has 1 atom stereocenters. The minimum absolute atomic E-state index is 0.0265. The molecule has 1 saturated heterocycles. The Hall–Kier alpha value is -2.34. The molecular weight excluding hydrogens is 351 g/mol. The fraction of sp³-hybridized carbons (Fsp3) is 0.300. The van der Waals surface area contributed by atoms with Crippen LogP contribution in [-0.2, 0) is 4.79 Å². The molecule has 0 aliphatic carbocycles. The van der Waals surface area contributed by atoms with Crippen LogP contribution in [-0.4, -0.2) is 47.5 Å². The zero-order valence-corrected chi connectivity index (χ0v) is 15.6. The lowest BCUT2D eigenvalue weighted by Gasteiger charge is -2.27. The number of carbonyl (C=O) groups excluding carboxylic acids is 2. The van der Waals surface area contributed by atoms with Crippen molar-refractivity contribution < 1.29 is 14.0 Å². The summed E-state index contributed by atoms with van der Waals surface area (Å²) in [7, 11) is 1.67. The van der Waals surface area contributed by atoms with Gasteiger partial charge in [0.1, 0.15) is 11.2 Å². The average molecular weight is 372 g/mol. The van der Waals surface area contributed by atoms with Crippen molar-refractivity contribution in [2.24, 2.45) is 0 Å². The van der Waals surface area contributed by atoms with E-state index in [0.29, 0.717) is 24.4 Å². The van der Waals surface area contributed by atoms with E-state index in [1.165, 1.54) is 23.1 Å². The summed E-state index contributed by atoms with van der Waals surface area (Å²) < 4.78 is 13.3. The smallest absolute Gasteiger partial charge is 0.253 e. The number of hydrogen-bond donors (Lipinski definition) is 0. The van der Waals surface area contributed by atoms with Crippen LogP contribution in [0.3, 0.4) is 0 Å². The third kappa shape index (κ3) is 3.90. The van der Waals surface area contributed by atoms with Crippen molar-refractivity contribution in [2.75, 3.05) is 25.9 Å². The average Bonchev–Trinajstić information content (AvgIpc) is 3.00. The molecule has 0 N–H and O–H groups in total. The van der Waals surface area contributed by atoms with Gasteiger partial charge in [0.25, 0.3) is 5.91 Å². The van der Waals surface area contributed by atoms with Gasteiger partial charge in [-0.1, -0.05) is 30.3 Å². The summed E-state index contributed by atoms with van der Waals surface area (Å²) in [6.07, 6.45) is 0. The van der Waals surface area contributed by atoms with Gasteiger partial charge >= 0.3 is 0 Å². The highest BCUT2D eigenvalue weighted by Gasteiger charge is 2.33. The Balaban J connectivity index is 1.68. The first-order valence-electron chi connectivity index (χ1n) is 8.45. The molecule has 0 radical (unpaired) electrons. The number of amides is 2. The van der Waals surface area contributed by atoms with Crippen molar-refractivity contribution in [3.8, 4) is 0 Å². The number of rotatable bonds is 5. The van der Waals surface area contributed by atoms with Crippen molar-refractivity contribution in [3.05, 3.63) is 71.0 Å². The van der Waals surface area contributed by atoms with Crippen LogP contribution in [0.1, 0.15) is 26.9 Å². The van der Waals surface area contributed by atoms with Gasteiger partial charge in [0.05, 0.1) is 5.75 Å². The summed E-state index contributed by atoms with van der Waals surface area (Å²) in [6.45, 7) is 2.88. The highest BCUT2D eigenvalue weighted by molar-refractivity contribution is 8.00. The molecule has 26 heavy (non-hydrogen) atoms. The van der Waals surface area contributed by atoms with E-state index in [-0.39, 0.29) is 17.2 Å². The molecule has 1 aliphatic heterocycles. The normalized spacial score (nSPS) is 16.8. The van der Waals surface area contributed by atoms with Gasteiger partial charge < -0.3 is 9.80 Å². The van der Waals surface area contributed by atoms with Crippen molar-refractivity contribution in [3.63, 3.8) is 0 Å². The number of carbonyl (C=O) groups is 2. The number of halogens is 1. The van der Waals surface area contributed by atoms with Gasteiger partial charge in [-0.25, -0.2) is 4.39 Å². The molecule has 136 valence electrons. The second-order valence-electron chi connectivity index (χ2n) is 6.34. The second kappa shape index (κ2) is 7.91. The molecule has 1 aliphatic rings. The highest BCUT2D eigenvalue weighted by Crippen LogP contribution is 2.39. The molecule has 1 fully saturated rings. The summed E-state index contributed by atoms with van der Waals surface area (Å²) in [5, 5.41) is -0.0265. The minimum atomic E-state index is -0.435. The van der Waals surface area contributed by atoms with Crippen LogP contribution in [0.25, 0.3) is 0 Å². The molecule has 2 aromatic rings. The van der Waals surface area contributed by atoms with Gasteiger partial charge in [-0.3, -0.25) is 9.59 Å². The van der Waals surface area contributed by atoms with E-state index in [4.69, 9.17) is 0 Å². The summed E-state index contributed by atoms with van der Waals surface area (Å²) in [6, 6.07) is 13.7. The Morgan fingerprint density at radius 3 is 2.77 bits per heavy atom. The Labute approximate surface area is 157 Å².